The van der Waals surface area contributed by atoms with Gasteiger partial charge in [-0.15, -0.1) is 0 Å². The van der Waals surface area contributed by atoms with Gasteiger partial charge in [-0.2, -0.15) is 5.10 Å². The van der Waals surface area contributed by atoms with Crippen molar-refractivity contribution < 1.29 is 14.2 Å². The van der Waals surface area contributed by atoms with Crippen LogP contribution in [0.3, 0.4) is 0 Å². The molecule has 7 rings (SSSR count). The molecule has 0 amide bonds. The molecule has 4 aromatic carbocycles. The van der Waals surface area contributed by atoms with Gasteiger partial charge in [0.2, 0.25) is 0 Å². The average Bonchev–Trinajstić information content (AvgIpc) is 3.67. The third-order valence-corrected chi connectivity index (χ3v) is 8.33. The maximum atomic E-state index is 6.48. The predicted octanol–water partition coefficient (Wildman–Crippen LogP) is 9.45. The van der Waals surface area contributed by atoms with Gasteiger partial charge in [0.25, 0.3) is 0 Å². The zero-order valence-corrected chi connectivity index (χ0v) is 26.9. The van der Waals surface area contributed by atoms with Crippen LogP contribution in [0.5, 0.6) is 23.0 Å². The largest absolute Gasteiger partial charge is 0.496 e. The van der Waals surface area contributed by atoms with Crippen molar-refractivity contribution in [2.45, 2.75) is 33.1 Å². The molecule has 0 N–H and O–H groups in total. The Hall–Kier alpha value is -5.56. The first-order valence-corrected chi connectivity index (χ1v) is 15.3. The van der Waals surface area contributed by atoms with E-state index in [1.165, 1.54) is 10.9 Å². The summed E-state index contributed by atoms with van der Waals surface area (Å²) in [6.45, 7) is 8.68. The van der Waals surface area contributed by atoms with Crippen molar-refractivity contribution in [1.82, 2.24) is 19.3 Å². The summed E-state index contributed by atoms with van der Waals surface area (Å²) in [5, 5.41) is 6.97. The van der Waals surface area contributed by atoms with Crippen LogP contribution in [0.1, 0.15) is 31.9 Å². The van der Waals surface area contributed by atoms with Crippen LogP contribution in [0.15, 0.2) is 110 Å². The zero-order valence-electron chi connectivity index (χ0n) is 26.9. The lowest BCUT2D eigenvalue weighted by Gasteiger charge is -2.20. The summed E-state index contributed by atoms with van der Waals surface area (Å²) in [5.41, 5.74) is 7.05. The van der Waals surface area contributed by atoms with Crippen LogP contribution >= 0.6 is 0 Å². The molecular weight excluding hydrogens is 572 g/mol. The maximum absolute atomic E-state index is 6.48. The van der Waals surface area contributed by atoms with Crippen molar-refractivity contribution in [2.24, 2.45) is 0 Å². The second kappa shape index (κ2) is 11.4. The highest BCUT2D eigenvalue weighted by molar-refractivity contribution is 6.09. The maximum Gasteiger partial charge on any atom is 0.137 e. The van der Waals surface area contributed by atoms with Gasteiger partial charge in [-0.05, 0) is 78.1 Å². The molecular formula is C39H36N4O3. The molecule has 0 fully saturated rings. The van der Waals surface area contributed by atoms with Gasteiger partial charge in [-0.3, -0.25) is 4.57 Å². The fourth-order valence-corrected chi connectivity index (χ4v) is 6.01. The lowest BCUT2D eigenvalue weighted by molar-refractivity contribution is 0.397. The van der Waals surface area contributed by atoms with Gasteiger partial charge in [0.15, 0.2) is 0 Å². The molecule has 3 heterocycles. The van der Waals surface area contributed by atoms with Gasteiger partial charge >= 0.3 is 0 Å². The summed E-state index contributed by atoms with van der Waals surface area (Å²) in [4.78, 5) is 4.80. The number of nitrogens with zero attached hydrogens (tertiary/aromatic N) is 4. The van der Waals surface area contributed by atoms with E-state index in [2.05, 4.69) is 79.0 Å². The van der Waals surface area contributed by atoms with E-state index in [4.69, 9.17) is 19.2 Å². The van der Waals surface area contributed by atoms with Gasteiger partial charge in [-0.1, -0.05) is 45.0 Å². The number of ether oxygens (including phenoxy) is 3. The monoisotopic (exact) mass is 608 g/mol. The molecule has 0 aliphatic carbocycles. The van der Waals surface area contributed by atoms with Crippen LogP contribution in [0.4, 0.5) is 0 Å². The molecule has 3 aromatic heterocycles. The van der Waals surface area contributed by atoms with E-state index >= 15 is 0 Å². The number of methoxy groups -OCH3 is 2. The topological polar surface area (TPSA) is 63.3 Å². The van der Waals surface area contributed by atoms with Gasteiger partial charge in [-0.25, -0.2) is 9.67 Å². The minimum atomic E-state index is 0.00332. The minimum Gasteiger partial charge on any atom is -0.496 e. The molecule has 0 atom stereocenters. The second-order valence-corrected chi connectivity index (χ2v) is 12.5. The third-order valence-electron chi connectivity index (χ3n) is 8.33. The van der Waals surface area contributed by atoms with Crippen molar-refractivity contribution in [3.63, 3.8) is 0 Å². The molecule has 0 unspecified atom stereocenters. The number of benzene rings is 4. The Labute approximate surface area is 268 Å². The summed E-state index contributed by atoms with van der Waals surface area (Å²) >= 11 is 0. The predicted molar refractivity (Wildman–Crippen MR) is 184 cm³/mol. The fourth-order valence-electron chi connectivity index (χ4n) is 6.01. The lowest BCUT2D eigenvalue weighted by Crippen LogP contribution is -2.12. The van der Waals surface area contributed by atoms with E-state index in [-0.39, 0.29) is 5.41 Å². The number of hydrogen-bond donors (Lipinski definition) is 0. The van der Waals surface area contributed by atoms with Crippen molar-refractivity contribution in [3.05, 3.63) is 121 Å². The molecule has 7 heteroatoms. The average molecular weight is 609 g/mol. The standard InChI is InChI=1S/C39H36N4O3/c1-25-18-35(44-5)38(36(19-25)45-6)26-23-41-42(24-26)28-10-9-11-29(21-28)46-30-14-15-32-31-12-7-8-13-33(31)43(34(32)22-30)37-20-27(16-17-40-37)39(2,3)4/h7-24H,1-6H3. The normalized spacial score (nSPS) is 11.7. The number of para-hydroxylation sites is 1. The molecule has 46 heavy (non-hydrogen) atoms. The SMILES string of the molecule is COc1cc(C)cc(OC)c1-c1cnn(-c2cccc(Oc3ccc4c5ccccc5n(-c5cc(C(C)(C)C)ccn5)c4c3)c2)c1. The molecule has 0 bridgehead atoms. The van der Waals surface area contributed by atoms with Gasteiger partial charge in [0, 0.05) is 40.9 Å². The molecule has 7 aromatic rings. The van der Waals surface area contributed by atoms with Gasteiger partial charge in [0.1, 0.15) is 28.8 Å². The number of pyridine rings is 1. The Balaban J connectivity index is 1.25. The fraction of sp³-hybridized carbons (Fsp3) is 0.179. The van der Waals surface area contributed by atoms with Crippen molar-refractivity contribution in [1.29, 1.82) is 0 Å². The summed E-state index contributed by atoms with van der Waals surface area (Å²) in [6.07, 6.45) is 5.69. The van der Waals surface area contributed by atoms with E-state index in [9.17, 15) is 0 Å². The van der Waals surface area contributed by atoms with Gasteiger partial charge < -0.3 is 14.2 Å². The Kier molecular flexibility index (Phi) is 7.24. The number of aromatic nitrogens is 4. The third kappa shape index (κ3) is 5.24. The van der Waals surface area contributed by atoms with Crippen molar-refractivity contribution >= 4 is 21.8 Å². The van der Waals surface area contributed by atoms with Gasteiger partial charge in [0.05, 0.1) is 42.7 Å². The van der Waals surface area contributed by atoms with Crippen LogP contribution in [0, 0.1) is 6.92 Å². The first-order chi connectivity index (χ1) is 22.2. The molecule has 7 nitrogen and oxygen atoms in total. The zero-order chi connectivity index (χ0) is 32.0. The molecule has 0 aliphatic rings. The van der Waals surface area contributed by atoms with E-state index in [0.717, 1.165) is 61.9 Å². The first kappa shape index (κ1) is 29.2. The summed E-state index contributed by atoms with van der Waals surface area (Å²) < 4.78 is 21.9. The number of rotatable bonds is 7. The summed E-state index contributed by atoms with van der Waals surface area (Å²) in [5.74, 6) is 3.79. The number of hydrogen-bond acceptors (Lipinski definition) is 5. The summed E-state index contributed by atoms with van der Waals surface area (Å²) in [7, 11) is 3.33. The van der Waals surface area contributed by atoms with E-state index in [1.54, 1.807) is 14.2 Å². The number of fused-ring (bicyclic) bond motifs is 3. The quantitative estimate of drug-likeness (QED) is 0.180. The summed E-state index contributed by atoms with van der Waals surface area (Å²) in [6, 6.07) is 30.9. The smallest absolute Gasteiger partial charge is 0.137 e. The van der Waals surface area contributed by atoms with Crippen LogP contribution in [-0.2, 0) is 5.41 Å². The Morgan fingerprint density at radius 2 is 1.46 bits per heavy atom. The van der Waals surface area contributed by atoms with Crippen molar-refractivity contribution in [2.75, 3.05) is 14.2 Å². The Morgan fingerprint density at radius 1 is 0.717 bits per heavy atom. The molecule has 0 aliphatic heterocycles. The molecule has 0 saturated heterocycles. The van der Waals surface area contributed by atoms with E-state index < -0.39 is 0 Å². The Bertz CT molecular complexity index is 2200. The minimum absolute atomic E-state index is 0.00332. The highest BCUT2D eigenvalue weighted by atomic mass is 16.5. The Morgan fingerprint density at radius 3 is 2.22 bits per heavy atom. The second-order valence-electron chi connectivity index (χ2n) is 12.5. The van der Waals surface area contributed by atoms with Crippen LogP contribution < -0.4 is 14.2 Å². The highest BCUT2D eigenvalue weighted by Crippen LogP contribution is 2.40. The van der Waals surface area contributed by atoms with Crippen LogP contribution in [-0.4, -0.2) is 33.6 Å². The molecule has 0 radical (unpaired) electrons. The number of aryl methyl sites for hydroxylation is 1. The van der Waals surface area contributed by atoms with E-state index in [1.807, 2.05) is 72.7 Å². The lowest BCUT2D eigenvalue weighted by atomic mass is 9.88. The van der Waals surface area contributed by atoms with Crippen LogP contribution in [0.25, 0.3) is 44.4 Å². The van der Waals surface area contributed by atoms with E-state index in [0.29, 0.717) is 5.75 Å². The first-order valence-electron chi connectivity index (χ1n) is 15.3. The molecule has 0 spiro atoms. The molecule has 230 valence electrons. The van der Waals surface area contributed by atoms with Crippen molar-refractivity contribution in [3.8, 4) is 45.6 Å². The molecule has 0 saturated carbocycles. The highest BCUT2D eigenvalue weighted by Gasteiger charge is 2.19. The van der Waals surface area contributed by atoms with Crippen LogP contribution in [0.2, 0.25) is 0 Å².